The molecule has 0 radical (unpaired) electrons. The molecule has 0 aliphatic carbocycles. The maximum atomic E-state index is 11.0. The number of rotatable bonds is 6. The standard InChI is InChI=1S/C10H16O3/c1-3-5-7-13-10(12)8-9(11)6-4-2/h3,5H,4,6-8H2,1-2H3. The predicted molar refractivity (Wildman–Crippen MR) is 50.3 cm³/mol. The fraction of sp³-hybridized carbons (Fsp3) is 0.600. The van der Waals surface area contributed by atoms with E-state index in [-0.39, 0.29) is 18.8 Å². The minimum Gasteiger partial charge on any atom is -0.461 e. The lowest BCUT2D eigenvalue weighted by Gasteiger charge is -1.99. The Hall–Kier alpha value is -1.12. The molecule has 0 amide bonds. The number of hydrogen-bond donors (Lipinski definition) is 0. The molecule has 0 rings (SSSR count). The molecule has 0 N–H and O–H groups in total. The van der Waals surface area contributed by atoms with Crippen LogP contribution in [0.4, 0.5) is 0 Å². The molecule has 0 aromatic rings. The molecule has 0 atom stereocenters. The van der Waals surface area contributed by atoms with Crippen LogP contribution >= 0.6 is 0 Å². The van der Waals surface area contributed by atoms with E-state index in [1.807, 2.05) is 13.8 Å². The van der Waals surface area contributed by atoms with Gasteiger partial charge in [-0.2, -0.15) is 0 Å². The zero-order valence-corrected chi connectivity index (χ0v) is 8.21. The van der Waals surface area contributed by atoms with Gasteiger partial charge in [0.25, 0.3) is 0 Å². The van der Waals surface area contributed by atoms with Crippen LogP contribution in [0.1, 0.15) is 33.1 Å². The second kappa shape index (κ2) is 7.53. The van der Waals surface area contributed by atoms with Gasteiger partial charge >= 0.3 is 5.97 Å². The van der Waals surface area contributed by atoms with E-state index in [2.05, 4.69) is 0 Å². The molecular formula is C10H16O3. The van der Waals surface area contributed by atoms with Gasteiger partial charge < -0.3 is 4.74 Å². The van der Waals surface area contributed by atoms with Gasteiger partial charge in [0.2, 0.25) is 0 Å². The van der Waals surface area contributed by atoms with Crippen LogP contribution in [0.15, 0.2) is 12.2 Å². The number of carbonyl (C=O) groups is 2. The Morgan fingerprint density at radius 2 is 2.08 bits per heavy atom. The molecule has 0 saturated heterocycles. The Morgan fingerprint density at radius 1 is 1.38 bits per heavy atom. The van der Waals surface area contributed by atoms with Gasteiger partial charge in [-0.15, -0.1) is 0 Å². The van der Waals surface area contributed by atoms with Gasteiger partial charge in [-0.25, -0.2) is 0 Å². The lowest BCUT2D eigenvalue weighted by molar-refractivity contribution is -0.144. The number of Topliss-reactive ketones (excluding diaryl/α,β-unsaturated/α-hetero) is 1. The van der Waals surface area contributed by atoms with Crippen molar-refractivity contribution in [2.75, 3.05) is 6.61 Å². The zero-order valence-electron chi connectivity index (χ0n) is 8.21. The molecule has 0 saturated carbocycles. The smallest absolute Gasteiger partial charge is 0.313 e. The normalized spacial score (nSPS) is 10.3. The molecule has 13 heavy (non-hydrogen) atoms. The summed E-state index contributed by atoms with van der Waals surface area (Å²) in [6, 6.07) is 0. The maximum absolute atomic E-state index is 11.0. The first-order valence-electron chi connectivity index (χ1n) is 4.49. The highest BCUT2D eigenvalue weighted by Crippen LogP contribution is 1.96. The van der Waals surface area contributed by atoms with Crippen molar-refractivity contribution < 1.29 is 14.3 Å². The molecule has 0 aromatic carbocycles. The van der Waals surface area contributed by atoms with Gasteiger partial charge in [-0.3, -0.25) is 9.59 Å². The van der Waals surface area contributed by atoms with E-state index in [4.69, 9.17) is 4.74 Å². The van der Waals surface area contributed by atoms with E-state index >= 15 is 0 Å². The Kier molecular flexibility index (Phi) is 6.88. The summed E-state index contributed by atoms with van der Waals surface area (Å²) in [5.41, 5.74) is 0. The highest BCUT2D eigenvalue weighted by molar-refractivity contribution is 5.95. The van der Waals surface area contributed by atoms with Crippen LogP contribution in [-0.4, -0.2) is 18.4 Å². The first-order valence-corrected chi connectivity index (χ1v) is 4.49. The summed E-state index contributed by atoms with van der Waals surface area (Å²) in [7, 11) is 0. The maximum Gasteiger partial charge on any atom is 0.313 e. The van der Waals surface area contributed by atoms with Gasteiger partial charge in [0.1, 0.15) is 18.8 Å². The van der Waals surface area contributed by atoms with E-state index < -0.39 is 5.97 Å². The molecule has 0 spiro atoms. The predicted octanol–water partition coefficient (Wildman–Crippen LogP) is 1.86. The van der Waals surface area contributed by atoms with Gasteiger partial charge in [-0.1, -0.05) is 19.1 Å². The fourth-order valence-corrected chi connectivity index (χ4v) is 0.817. The molecule has 0 aliphatic heterocycles. The first kappa shape index (κ1) is 11.9. The number of allylic oxidation sites excluding steroid dienone is 1. The Labute approximate surface area is 78.8 Å². The molecule has 0 aromatic heterocycles. The largest absolute Gasteiger partial charge is 0.461 e. The minimum atomic E-state index is -0.434. The van der Waals surface area contributed by atoms with Gasteiger partial charge in [0.15, 0.2) is 0 Å². The Bertz CT molecular complexity index is 194. The van der Waals surface area contributed by atoms with Gasteiger partial charge in [0, 0.05) is 6.42 Å². The van der Waals surface area contributed by atoms with Gasteiger partial charge in [0.05, 0.1) is 0 Å². The van der Waals surface area contributed by atoms with Crippen molar-refractivity contribution in [2.45, 2.75) is 33.1 Å². The summed E-state index contributed by atoms with van der Waals surface area (Å²) in [6.07, 6.45) is 4.66. The van der Waals surface area contributed by atoms with Crippen LogP contribution in [0.2, 0.25) is 0 Å². The van der Waals surface area contributed by atoms with Crippen molar-refractivity contribution in [2.24, 2.45) is 0 Å². The molecule has 0 fully saturated rings. The summed E-state index contributed by atoms with van der Waals surface area (Å²) >= 11 is 0. The lowest BCUT2D eigenvalue weighted by Crippen LogP contribution is -2.10. The number of hydrogen-bond acceptors (Lipinski definition) is 3. The van der Waals surface area contributed by atoms with Crippen LogP contribution in [0.5, 0.6) is 0 Å². The molecule has 74 valence electrons. The second-order valence-electron chi connectivity index (χ2n) is 2.72. The highest BCUT2D eigenvalue weighted by atomic mass is 16.5. The fourth-order valence-electron chi connectivity index (χ4n) is 0.817. The van der Waals surface area contributed by atoms with Crippen LogP contribution in [0.3, 0.4) is 0 Å². The lowest BCUT2D eigenvalue weighted by atomic mass is 10.2. The third kappa shape index (κ3) is 7.25. The number of ketones is 1. The molecule has 0 unspecified atom stereocenters. The molecule has 0 aliphatic rings. The molecule has 3 nitrogen and oxygen atoms in total. The molecule has 0 bridgehead atoms. The van der Waals surface area contributed by atoms with Crippen molar-refractivity contribution in [3.63, 3.8) is 0 Å². The third-order valence-electron chi connectivity index (χ3n) is 1.45. The van der Waals surface area contributed by atoms with Crippen molar-refractivity contribution in [3.05, 3.63) is 12.2 Å². The van der Waals surface area contributed by atoms with Crippen molar-refractivity contribution >= 4 is 11.8 Å². The van der Waals surface area contributed by atoms with Crippen LogP contribution in [-0.2, 0) is 14.3 Å². The van der Waals surface area contributed by atoms with E-state index in [0.29, 0.717) is 6.42 Å². The third-order valence-corrected chi connectivity index (χ3v) is 1.45. The van der Waals surface area contributed by atoms with E-state index in [9.17, 15) is 9.59 Å². The summed E-state index contributed by atoms with van der Waals surface area (Å²) in [5.74, 6) is -0.482. The molecule has 3 heteroatoms. The quantitative estimate of drug-likeness (QED) is 0.359. The van der Waals surface area contributed by atoms with E-state index in [0.717, 1.165) is 6.42 Å². The Balaban J connectivity index is 3.55. The summed E-state index contributed by atoms with van der Waals surface area (Å²) in [4.78, 5) is 21.9. The molecule has 0 heterocycles. The monoisotopic (exact) mass is 184 g/mol. The van der Waals surface area contributed by atoms with Crippen LogP contribution < -0.4 is 0 Å². The topological polar surface area (TPSA) is 43.4 Å². The SMILES string of the molecule is CC=CCOC(=O)CC(=O)CCC. The second-order valence-corrected chi connectivity index (χ2v) is 2.72. The summed E-state index contributed by atoms with van der Waals surface area (Å²) in [6.45, 7) is 4.01. The van der Waals surface area contributed by atoms with Crippen LogP contribution in [0, 0.1) is 0 Å². The van der Waals surface area contributed by atoms with Crippen molar-refractivity contribution in [1.29, 1.82) is 0 Å². The summed E-state index contributed by atoms with van der Waals surface area (Å²) in [5, 5.41) is 0. The highest BCUT2D eigenvalue weighted by Gasteiger charge is 2.08. The van der Waals surface area contributed by atoms with E-state index in [1.54, 1.807) is 12.2 Å². The van der Waals surface area contributed by atoms with E-state index in [1.165, 1.54) is 0 Å². The van der Waals surface area contributed by atoms with Crippen LogP contribution in [0.25, 0.3) is 0 Å². The minimum absolute atomic E-state index is 0.0482. The van der Waals surface area contributed by atoms with Crippen molar-refractivity contribution in [3.8, 4) is 0 Å². The average Bonchev–Trinajstić information content (AvgIpc) is 2.05. The summed E-state index contributed by atoms with van der Waals surface area (Å²) < 4.78 is 4.75. The van der Waals surface area contributed by atoms with Crippen molar-refractivity contribution in [1.82, 2.24) is 0 Å². The zero-order chi connectivity index (χ0) is 10.1. The average molecular weight is 184 g/mol. The van der Waals surface area contributed by atoms with Gasteiger partial charge in [-0.05, 0) is 13.3 Å². The molecular weight excluding hydrogens is 168 g/mol. The number of esters is 1. The number of carbonyl (C=O) groups excluding carboxylic acids is 2. The first-order chi connectivity index (χ1) is 6.20. The Morgan fingerprint density at radius 3 is 2.62 bits per heavy atom. The number of ether oxygens (including phenoxy) is 1.